The van der Waals surface area contributed by atoms with Crippen molar-refractivity contribution in [1.82, 2.24) is 25.0 Å². The molecular formula is C22H21N5O2. The molecule has 3 heterocycles. The number of pyridine rings is 1. The summed E-state index contributed by atoms with van der Waals surface area (Å²) in [5, 5.41) is 6.94. The summed E-state index contributed by atoms with van der Waals surface area (Å²) in [7, 11) is 0. The summed E-state index contributed by atoms with van der Waals surface area (Å²) >= 11 is 0. The average molecular weight is 387 g/mol. The van der Waals surface area contributed by atoms with Crippen molar-refractivity contribution >= 4 is 5.91 Å². The second-order valence-corrected chi connectivity index (χ2v) is 6.60. The van der Waals surface area contributed by atoms with Crippen molar-refractivity contribution in [1.29, 1.82) is 0 Å². The summed E-state index contributed by atoms with van der Waals surface area (Å²) in [4.78, 5) is 21.4. The molecule has 7 heteroatoms. The van der Waals surface area contributed by atoms with Crippen LogP contribution in [-0.2, 0) is 17.6 Å². The van der Waals surface area contributed by atoms with Crippen LogP contribution >= 0.6 is 0 Å². The van der Waals surface area contributed by atoms with Crippen LogP contribution in [-0.4, -0.2) is 32.1 Å². The van der Waals surface area contributed by atoms with Crippen LogP contribution in [0.4, 0.5) is 0 Å². The molecule has 29 heavy (non-hydrogen) atoms. The van der Waals surface area contributed by atoms with E-state index >= 15 is 0 Å². The summed E-state index contributed by atoms with van der Waals surface area (Å²) in [6.45, 7) is 0.412. The third kappa shape index (κ3) is 4.76. The van der Waals surface area contributed by atoms with Crippen molar-refractivity contribution in [3.63, 3.8) is 0 Å². The molecule has 1 N–H and O–H groups in total. The molecule has 0 aliphatic carbocycles. The van der Waals surface area contributed by atoms with Gasteiger partial charge in [-0.15, -0.1) is 0 Å². The average Bonchev–Trinajstić information content (AvgIpc) is 3.46. The van der Waals surface area contributed by atoms with Crippen LogP contribution in [0.2, 0.25) is 0 Å². The van der Waals surface area contributed by atoms with Gasteiger partial charge in [0.2, 0.25) is 17.6 Å². The number of amides is 1. The highest BCUT2D eigenvalue weighted by Crippen LogP contribution is 2.16. The molecule has 0 radical (unpaired) electrons. The van der Waals surface area contributed by atoms with Crippen LogP contribution in [0.25, 0.3) is 11.5 Å². The van der Waals surface area contributed by atoms with Gasteiger partial charge in [0, 0.05) is 38.0 Å². The number of carbonyl (C=O) groups excluding carboxylic acids is 1. The van der Waals surface area contributed by atoms with Crippen LogP contribution in [0.1, 0.15) is 17.5 Å². The molecule has 0 saturated carbocycles. The molecule has 1 amide bonds. The van der Waals surface area contributed by atoms with E-state index < -0.39 is 0 Å². The minimum absolute atomic E-state index is 0.0467. The largest absolute Gasteiger partial charge is 0.354 e. The first-order chi connectivity index (χ1) is 14.3. The topological polar surface area (TPSA) is 85.8 Å². The zero-order valence-electron chi connectivity index (χ0n) is 15.8. The van der Waals surface area contributed by atoms with E-state index in [0.29, 0.717) is 36.8 Å². The number of carbonyl (C=O) groups is 1. The number of hydrogen-bond donors (Lipinski definition) is 1. The lowest BCUT2D eigenvalue weighted by atomic mass is 10.1. The zero-order valence-corrected chi connectivity index (χ0v) is 15.8. The first-order valence-electron chi connectivity index (χ1n) is 9.47. The Kier molecular flexibility index (Phi) is 5.76. The monoisotopic (exact) mass is 387 g/mol. The quantitative estimate of drug-likeness (QED) is 0.502. The fraction of sp³-hybridized carbons (Fsp3) is 0.182. The smallest absolute Gasteiger partial charge is 0.243 e. The second-order valence-electron chi connectivity index (χ2n) is 6.60. The normalized spacial score (nSPS) is 11.9. The number of benzene rings is 1. The number of hydrogen-bond acceptors (Lipinski definition) is 5. The zero-order chi connectivity index (χ0) is 19.9. The third-order valence-corrected chi connectivity index (χ3v) is 4.56. The summed E-state index contributed by atoms with van der Waals surface area (Å²) < 4.78 is 7.20. The summed E-state index contributed by atoms with van der Waals surface area (Å²) in [6, 6.07) is 19.0. The van der Waals surface area contributed by atoms with E-state index in [1.54, 1.807) is 6.20 Å². The molecule has 0 saturated heterocycles. The molecule has 4 aromatic rings. The second kappa shape index (κ2) is 8.97. The molecular weight excluding hydrogens is 366 g/mol. The van der Waals surface area contributed by atoms with Crippen LogP contribution < -0.4 is 5.32 Å². The maximum atomic E-state index is 12.9. The highest BCUT2D eigenvalue weighted by atomic mass is 16.5. The van der Waals surface area contributed by atoms with Gasteiger partial charge in [-0.05, 0) is 29.8 Å². The van der Waals surface area contributed by atoms with Gasteiger partial charge in [-0.3, -0.25) is 9.78 Å². The first kappa shape index (κ1) is 18.6. The Balaban J connectivity index is 1.36. The van der Waals surface area contributed by atoms with Crippen molar-refractivity contribution in [2.75, 3.05) is 6.54 Å². The van der Waals surface area contributed by atoms with E-state index in [9.17, 15) is 4.79 Å². The van der Waals surface area contributed by atoms with E-state index in [1.165, 1.54) is 0 Å². The molecule has 1 aromatic carbocycles. The number of rotatable bonds is 8. The number of nitrogens with zero attached hydrogens (tertiary/aromatic N) is 4. The molecule has 7 nitrogen and oxygen atoms in total. The Bertz CT molecular complexity index is 1030. The van der Waals surface area contributed by atoms with Gasteiger partial charge in [-0.2, -0.15) is 4.98 Å². The van der Waals surface area contributed by atoms with Crippen molar-refractivity contribution < 1.29 is 9.32 Å². The Morgan fingerprint density at radius 1 is 1.03 bits per heavy atom. The van der Waals surface area contributed by atoms with Gasteiger partial charge in [-0.1, -0.05) is 41.6 Å². The molecule has 0 bridgehead atoms. The van der Waals surface area contributed by atoms with E-state index in [4.69, 9.17) is 4.52 Å². The SMILES string of the molecule is O=C(NCCc1nc(-c2ccccn2)no1)[C@@H](Cc1ccccc1)n1cccc1. The van der Waals surface area contributed by atoms with Crippen LogP contribution in [0, 0.1) is 0 Å². The van der Waals surface area contributed by atoms with Gasteiger partial charge in [0.1, 0.15) is 11.7 Å². The molecule has 0 spiro atoms. The van der Waals surface area contributed by atoms with Crippen LogP contribution in [0.5, 0.6) is 0 Å². The Morgan fingerprint density at radius 2 is 1.83 bits per heavy atom. The molecule has 146 valence electrons. The Hall–Kier alpha value is -3.74. The van der Waals surface area contributed by atoms with Crippen molar-refractivity contribution in [2.45, 2.75) is 18.9 Å². The van der Waals surface area contributed by atoms with Crippen molar-refractivity contribution in [3.05, 3.63) is 90.7 Å². The minimum atomic E-state index is -0.320. The van der Waals surface area contributed by atoms with Gasteiger partial charge in [0.05, 0.1) is 0 Å². The molecule has 0 aliphatic heterocycles. The summed E-state index contributed by atoms with van der Waals surface area (Å²) in [6.07, 6.45) is 6.56. The van der Waals surface area contributed by atoms with Crippen LogP contribution in [0.15, 0.2) is 83.8 Å². The van der Waals surface area contributed by atoms with Crippen LogP contribution in [0.3, 0.4) is 0 Å². The highest BCUT2D eigenvalue weighted by Gasteiger charge is 2.20. The summed E-state index contributed by atoms with van der Waals surface area (Å²) in [5.41, 5.74) is 1.76. The lowest BCUT2D eigenvalue weighted by Crippen LogP contribution is -2.34. The van der Waals surface area contributed by atoms with E-state index in [1.807, 2.05) is 77.6 Å². The molecule has 0 aliphatic rings. The fourth-order valence-electron chi connectivity index (χ4n) is 3.09. The maximum absolute atomic E-state index is 12.9. The lowest BCUT2D eigenvalue weighted by Gasteiger charge is -2.18. The van der Waals surface area contributed by atoms with Crippen molar-refractivity contribution in [2.24, 2.45) is 0 Å². The molecule has 0 fully saturated rings. The van der Waals surface area contributed by atoms with Gasteiger partial charge in [0.15, 0.2) is 0 Å². The number of nitrogens with one attached hydrogen (secondary N) is 1. The molecule has 0 unspecified atom stereocenters. The van der Waals surface area contributed by atoms with E-state index in [0.717, 1.165) is 5.56 Å². The standard InChI is InChI=1S/C22H21N5O2/c28-22(19(27-14-6-7-15-27)16-17-8-2-1-3-9-17)24-13-11-20-25-21(26-29-20)18-10-4-5-12-23-18/h1-10,12,14-15,19H,11,13,16H2,(H,24,28)/t19-/m1/s1. The van der Waals surface area contributed by atoms with Crippen molar-refractivity contribution in [3.8, 4) is 11.5 Å². The highest BCUT2D eigenvalue weighted by molar-refractivity contribution is 5.80. The third-order valence-electron chi connectivity index (χ3n) is 4.56. The van der Waals surface area contributed by atoms with Gasteiger partial charge in [-0.25, -0.2) is 0 Å². The summed E-state index contributed by atoms with van der Waals surface area (Å²) in [5.74, 6) is 0.863. The fourth-order valence-corrected chi connectivity index (χ4v) is 3.09. The predicted octanol–water partition coefficient (Wildman–Crippen LogP) is 3.08. The Morgan fingerprint density at radius 3 is 2.59 bits per heavy atom. The first-order valence-corrected chi connectivity index (χ1v) is 9.47. The van der Waals surface area contributed by atoms with Gasteiger partial charge < -0.3 is 14.4 Å². The molecule has 1 atom stereocenters. The lowest BCUT2D eigenvalue weighted by molar-refractivity contribution is -0.124. The maximum Gasteiger partial charge on any atom is 0.243 e. The number of aromatic nitrogens is 4. The predicted molar refractivity (Wildman–Crippen MR) is 108 cm³/mol. The molecule has 3 aromatic heterocycles. The molecule has 4 rings (SSSR count). The van der Waals surface area contributed by atoms with Gasteiger partial charge >= 0.3 is 0 Å². The van der Waals surface area contributed by atoms with E-state index in [-0.39, 0.29) is 11.9 Å². The Labute approximate surface area is 168 Å². The minimum Gasteiger partial charge on any atom is -0.354 e. The van der Waals surface area contributed by atoms with Gasteiger partial charge in [0.25, 0.3) is 0 Å². The van der Waals surface area contributed by atoms with E-state index in [2.05, 4.69) is 20.4 Å².